The van der Waals surface area contributed by atoms with Gasteiger partial charge in [0.15, 0.2) is 5.16 Å². The number of aromatic nitrogens is 2. The quantitative estimate of drug-likeness (QED) is 0.859. The van der Waals surface area contributed by atoms with Crippen LogP contribution in [-0.2, 0) is 4.79 Å². The van der Waals surface area contributed by atoms with Gasteiger partial charge >= 0.3 is 5.97 Å². The fourth-order valence-electron chi connectivity index (χ4n) is 2.72. The minimum absolute atomic E-state index is 0.0191. The first-order chi connectivity index (χ1) is 10.2. The van der Waals surface area contributed by atoms with Gasteiger partial charge in [0.25, 0.3) is 0 Å². The number of nitrogens with zero attached hydrogens (tertiary/aromatic N) is 3. The van der Waals surface area contributed by atoms with Crippen molar-refractivity contribution in [2.75, 3.05) is 5.75 Å². The molecule has 5 nitrogen and oxygen atoms in total. The second-order valence-corrected chi connectivity index (χ2v) is 6.15. The smallest absolute Gasteiger partial charge is 0.313 e. The number of imidazole rings is 1. The number of hydrogen-bond donors (Lipinski definition) is 1. The molecule has 108 valence electrons. The molecular weight excluding hydrogens is 286 g/mol. The number of nitriles is 1. The Balaban J connectivity index is 2.09. The second kappa shape index (κ2) is 5.41. The minimum Gasteiger partial charge on any atom is -0.481 e. The van der Waals surface area contributed by atoms with Gasteiger partial charge < -0.3 is 9.67 Å². The lowest BCUT2D eigenvalue weighted by Crippen LogP contribution is -2.03. The normalized spacial score (nSPS) is 20.4. The van der Waals surface area contributed by atoms with Gasteiger partial charge in [-0.2, -0.15) is 5.26 Å². The summed E-state index contributed by atoms with van der Waals surface area (Å²) in [6, 6.07) is 8.10. The summed E-state index contributed by atoms with van der Waals surface area (Å²) in [6.45, 7) is 2.16. The van der Waals surface area contributed by atoms with E-state index in [0.717, 1.165) is 18.4 Å². The molecule has 0 bridgehead atoms. The van der Waals surface area contributed by atoms with Crippen LogP contribution in [0.5, 0.6) is 0 Å². The van der Waals surface area contributed by atoms with Crippen molar-refractivity contribution in [2.24, 2.45) is 5.92 Å². The van der Waals surface area contributed by atoms with E-state index >= 15 is 0 Å². The summed E-state index contributed by atoms with van der Waals surface area (Å²) in [4.78, 5) is 15.3. The van der Waals surface area contributed by atoms with Crippen LogP contribution in [0.1, 0.15) is 31.4 Å². The van der Waals surface area contributed by atoms with Gasteiger partial charge in [-0.15, -0.1) is 0 Å². The summed E-state index contributed by atoms with van der Waals surface area (Å²) in [5.41, 5.74) is 2.15. The Hall–Kier alpha value is -2.00. The van der Waals surface area contributed by atoms with Crippen molar-refractivity contribution >= 4 is 28.8 Å². The van der Waals surface area contributed by atoms with Gasteiger partial charge in [0.05, 0.1) is 16.8 Å². The Morgan fingerprint density at radius 3 is 3.05 bits per heavy atom. The zero-order valence-electron chi connectivity index (χ0n) is 11.6. The summed E-state index contributed by atoms with van der Waals surface area (Å²) >= 11 is 1.22. The van der Waals surface area contributed by atoms with E-state index in [1.807, 2.05) is 12.1 Å². The molecule has 2 aromatic rings. The van der Waals surface area contributed by atoms with Gasteiger partial charge in [0.2, 0.25) is 0 Å². The highest BCUT2D eigenvalue weighted by Crippen LogP contribution is 2.49. The van der Waals surface area contributed by atoms with E-state index in [4.69, 9.17) is 5.11 Å². The number of carboxylic acid groups (broad SMARTS) is 1. The molecule has 1 N–H and O–H groups in total. The van der Waals surface area contributed by atoms with Crippen LogP contribution in [0.25, 0.3) is 11.0 Å². The Morgan fingerprint density at radius 1 is 1.62 bits per heavy atom. The fourth-order valence-corrected chi connectivity index (χ4v) is 3.50. The standard InChI is InChI=1S/C15H15N3O2S/c1-2-9-6-12(9)18-11-5-3-4-10(7-16)14(11)17-15(18)21-8-13(19)20/h3-5,9,12H,2,6,8H2,1H3,(H,19,20). The molecule has 0 spiro atoms. The summed E-state index contributed by atoms with van der Waals surface area (Å²) < 4.78 is 2.12. The third-order valence-corrected chi connectivity index (χ3v) is 4.81. The van der Waals surface area contributed by atoms with Gasteiger partial charge in [-0.1, -0.05) is 31.2 Å². The highest BCUT2D eigenvalue weighted by atomic mass is 32.2. The van der Waals surface area contributed by atoms with Gasteiger partial charge in [-0.25, -0.2) is 4.98 Å². The number of fused-ring (bicyclic) bond motifs is 1. The first-order valence-corrected chi connectivity index (χ1v) is 7.90. The predicted molar refractivity (Wildman–Crippen MR) is 80.2 cm³/mol. The van der Waals surface area contributed by atoms with Crippen LogP contribution in [0.3, 0.4) is 0 Å². The van der Waals surface area contributed by atoms with Crippen LogP contribution in [0.15, 0.2) is 23.4 Å². The zero-order valence-corrected chi connectivity index (χ0v) is 12.4. The van der Waals surface area contributed by atoms with E-state index in [9.17, 15) is 10.1 Å². The van der Waals surface area contributed by atoms with Crippen LogP contribution >= 0.6 is 11.8 Å². The number of hydrogen-bond acceptors (Lipinski definition) is 4. The number of aliphatic carboxylic acids is 1. The fraction of sp³-hybridized carbons (Fsp3) is 0.400. The molecule has 3 rings (SSSR count). The number of thioether (sulfide) groups is 1. The molecule has 0 amide bonds. The first-order valence-electron chi connectivity index (χ1n) is 6.91. The van der Waals surface area contributed by atoms with Crippen LogP contribution in [-0.4, -0.2) is 26.4 Å². The highest BCUT2D eigenvalue weighted by Gasteiger charge is 2.39. The predicted octanol–water partition coefficient (Wildman–Crippen LogP) is 3.06. The van der Waals surface area contributed by atoms with Gasteiger partial charge in [0, 0.05) is 6.04 Å². The van der Waals surface area contributed by atoms with E-state index in [0.29, 0.717) is 28.2 Å². The SMILES string of the molecule is CCC1CC1n1c(SCC(=O)O)nc2c(C#N)cccc21. The first kappa shape index (κ1) is 14.0. The lowest BCUT2D eigenvalue weighted by molar-refractivity contribution is -0.133. The van der Waals surface area contributed by atoms with Crippen molar-refractivity contribution in [1.82, 2.24) is 9.55 Å². The molecule has 1 aliphatic carbocycles. The van der Waals surface area contributed by atoms with Gasteiger partial charge in [-0.05, 0) is 24.5 Å². The Morgan fingerprint density at radius 2 is 2.43 bits per heavy atom. The average molecular weight is 301 g/mol. The third-order valence-electron chi connectivity index (χ3n) is 3.87. The molecule has 1 aromatic carbocycles. The summed E-state index contributed by atoms with van der Waals surface area (Å²) in [7, 11) is 0. The molecule has 1 heterocycles. The molecule has 1 saturated carbocycles. The van der Waals surface area contributed by atoms with E-state index in [2.05, 4.69) is 22.5 Å². The molecule has 0 aliphatic heterocycles. The van der Waals surface area contributed by atoms with E-state index < -0.39 is 5.97 Å². The molecule has 1 aliphatic rings. The van der Waals surface area contributed by atoms with Crippen LogP contribution in [0, 0.1) is 17.2 Å². The molecule has 21 heavy (non-hydrogen) atoms. The van der Waals surface area contributed by atoms with Crippen molar-refractivity contribution in [2.45, 2.75) is 31.0 Å². The molecule has 0 radical (unpaired) electrons. The Kier molecular flexibility index (Phi) is 3.60. The second-order valence-electron chi connectivity index (χ2n) is 5.20. The highest BCUT2D eigenvalue weighted by molar-refractivity contribution is 7.99. The number of para-hydroxylation sites is 1. The molecule has 2 unspecified atom stereocenters. The Labute approximate surface area is 126 Å². The maximum Gasteiger partial charge on any atom is 0.313 e. The largest absolute Gasteiger partial charge is 0.481 e. The summed E-state index contributed by atoms with van der Waals surface area (Å²) in [6.07, 6.45) is 2.20. The monoisotopic (exact) mass is 301 g/mol. The van der Waals surface area contributed by atoms with Crippen molar-refractivity contribution in [1.29, 1.82) is 5.26 Å². The van der Waals surface area contributed by atoms with Crippen LogP contribution in [0.2, 0.25) is 0 Å². The zero-order chi connectivity index (χ0) is 15.0. The minimum atomic E-state index is -0.859. The van der Waals surface area contributed by atoms with Crippen molar-refractivity contribution < 1.29 is 9.90 Å². The molecule has 0 saturated heterocycles. The van der Waals surface area contributed by atoms with Crippen LogP contribution < -0.4 is 0 Å². The molecule has 2 atom stereocenters. The summed E-state index contributed by atoms with van der Waals surface area (Å²) in [5.74, 6) is -0.256. The summed E-state index contributed by atoms with van der Waals surface area (Å²) in [5, 5.41) is 18.8. The van der Waals surface area contributed by atoms with Crippen molar-refractivity contribution in [3.63, 3.8) is 0 Å². The number of carboxylic acids is 1. The molecular formula is C15H15N3O2S. The average Bonchev–Trinajstić information content (AvgIpc) is 3.16. The third kappa shape index (κ3) is 2.49. The molecule has 6 heteroatoms. The van der Waals surface area contributed by atoms with Gasteiger partial charge in [0.1, 0.15) is 11.6 Å². The van der Waals surface area contributed by atoms with Gasteiger partial charge in [-0.3, -0.25) is 4.79 Å². The number of carbonyl (C=O) groups is 1. The Bertz CT molecular complexity index is 747. The van der Waals surface area contributed by atoms with E-state index in [1.165, 1.54) is 11.8 Å². The maximum atomic E-state index is 10.8. The van der Waals surface area contributed by atoms with E-state index in [1.54, 1.807) is 6.07 Å². The molecule has 1 aromatic heterocycles. The lowest BCUT2D eigenvalue weighted by Gasteiger charge is -2.07. The topological polar surface area (TPSA) is 78.9 Å². The maximum absolute atomic E-state index is 10.8. The lowest BCUT2D eigenvalue weighted by atomic mass is 10.2. The van der Waals surface area contributed by atoms with Crippen molar-refractivity contribution in [3.8, 4) is 6.07 Å². The van der Waals surface area contributed by atoms with E-state index in [-0.39, 0.29) is 5.75 Å². The number of rotatable bonds is 5. The molecule has 1 fully saturated rings. The number of benzene rings is 1. The van der Waals surface area contributed by atoms with Crippen molar-refractivity contribution in [3.05, 3.63) is 23.8 Å². The van der Waals surface area contributed by atoms with Crippen LogP contribution in [0.4, 0.5) is 0 Å².